The minimum atomic E-state index is -4.01. The average molecular weight is 549 g/mol. The number of aryl methyl sites for hydroxylation is 1. The third kappa shape index (κ3) is 4.50. The van der Waals surface area contributed by atoms with Gasteiger partial charge >= 0.3 is 5.97 Å². The van der Waals surface area contributed by atoms with E-state index in [0.29, 0.717) is 40.6 Å². The number of pyridine rings is 1. The first-order valence-corrected chi connectivity index (χ1v) is 14.6. The van der Waals surface area contributed by atoms with Crippen LogP contribution >= 0.6 is 0 Å². The lowest BCUT2D eigenvalue weighted by molar-refractivity contribution is -0.156. The number of fused-ring (bicyclic) bond motifs is 4. The average Bonchev–Trinajstić information content (AvgIpc) is 3.33. The van der Waals surface area contributed by atoms with E-state index in [9.17, 15) is 17.6 Å². The van der Waals surface area contributed by atoms with E-state index < -0.39 is 15.8 Å². The summed E-state index contributed by atoms with van der Waals surface area (Å²) in [6.07, 6.45) is 10.5. The van der Waals surface area contributed by atoms with Gasteiger partial charge in [0.2, 0.25) is 0 Å². The molecule has 10 heteroatoms. The Balaban J connectivity index is 1.41. The van der Waals surface area contributed by atoms with Crippen LogP contribution in [0.1, 0.15) is 36.9 Å². The molecular formula is C29H29FN4O4S. The van der Waals surface area contributed by atoms with Crippen LogP contribution < -0.4 is 0 Å². The molecule has 7 rings (SSSR count). The van der Waals surface area contributed by atoms with Crippen molar-refractivity contribution >= 4 is 27.0 Å². The number of benzene rings is 1. The van der Waals surface area contributed by atoms with Crippen molar-refractivity contribution in [3.63, 3.8) is 0 Å². The van der Waals surface area contributed by atoms with Crippen molar-refractivity contribution in [2.24, 2.45) is 23.7 Å². The fourth-order valence-electron chi connectivity index (χ4n) is 6.51. The summed E-state index contributed by atoms with van der Waals surface area (Å²) < 4.78 is 47.7. The summed E-state index contributed by atoms with van der Waals surface area (Å²) >= 11 is 0. The predicted octanol–water partition coefficient (Wildman–Crippen LogP) is 4.95. The first-order chi connectivity index (χ1) is 18.8. The molecule has 3 saturated carbocycles. The van der Waals surface area contributed by atoms with E-state index in [1.165, 1.54) is 37.7 Å². The SMILES string of the molecule is COC(=O)[C@@H]1C2CCC(CC2)[C@H]1Cc1cncc(-c2cn(S(=O)(=O)c3ccc(C)cc3)c3ncc(F)cc23)n1. The highest BCUT2D eigenvalue weighted by Crippen LogP contribution is 2.50. The summed E-state index contributed by atoms with van der Waals surface area (Å²) in [5.74, 6) is -0.0568. The molecular weight excluding hydrogens is 519 g/mol. The second kappa shape index (κ2) is 9.82. The smallest absolute Gasteiger partial charge is 0.309 e. The van der Waals surface area contributed by atoms with Gasteiger partial charge in [-0.15, -0.1) is 0 Å². The zero-order valence-electron chi connectivity index (χ0n) is 21.7. The minimum Gasteiger partial charge on any atom is -0.469 e. The van der Waals surface area contributed by atoms with Crippen molar-refractivity contribution in [3.8, 4) is 11.3 Å². The summed E-state index contributed by atoms with van der Waals surface area (Å²) in [5.41, 5.74) is 2.56. The van der Waals surface area contributed by atoms with Gasteiger partial charge in [-0.1, -0.05) is 17.7 Å². The molecule has 3 aliphatic rings. The maximum atomic E-state index is 14.3. The van der Waals surface area contributed by atoms with Crippen LogP contribution in [0.3, 0.4) is 0 Å². The highest BCUT2D eigenvalue weighted by Gasteiger charge is 2.47. The van der Waals surface area contributed by atoms with Crippen LogP contribution in [0.15, 0.2) is 60.0 Å². The van der Waals surface area contributed by atoms with Crippen LogP contribution in [0, 0.1) is 36.4 Å². The molecule has 0 radical (unpaired) electrons. The standard InChI is InChI=1S/C29H29FN4O4S/c1-17-3-9-22(10-4-17)39(36,37)34-16-25(24-11-20(30)13-32-28(24)34)26-15-31-14-21(33-26)12-23-18-5-7-19(8-6-18)27(23)29(35)38-2/h3-4,9-11,13-16,18-19,23,27H,5-8,12H2,1-2H3/t18?,19?,23-,27-/m1/s1. The molecule has 39 heavy (non-hydrogen) atoms. The molecule has 4 aromatic rings. The van der Waals surface area contributed by atoms with E-state index in [1.807, 2.05) is 6.92 Å². The van der Waals surface area contributed by atoms with Crippen molar-refractivity contribution in [3.05, 3.63) is 72.2 Å². The molecule has 0 aliphatic heterocycles. The van der Waals surface area contributed by atoms with Crippen molar-refractivity contribution in [2.45, 2.75) is 43.9 Å². The molecule has 0 saturated heterocycles. The normalized spacial score (nSPS) is 22.7. The topological polar surface area (TPSA) is 104 Å². The summed E-state index contributed by atoms with van der Waals surface area (Å²) in [6.45, 7) is 1.88. The number of hydrogen-bond acceptors (Lipinski definition) is 7. The molecule has 2 bridgehead atoms. The molecule has 2 atom stereocenters. The van der Waals surface area contributed by atoms with Gasteiger partial charge in [-0.05, 0) is 75.0 Å². The highest BCUT2D eigenvalue weighted by atomic mass is 32.2. The number of esters is 1. The fraction of sp³-hybridized carbons (Fsp3) is 0.379. The van der Waals surface area contributed by atoms with Gasteiger partial charge in [0.1, 0.15) is 5.82 Å². The zero-order valence-corrected chi connectivity index (χ0v) is 22.6. The van der Waals surface area contributed by atoms with Crippen LogP contribution in [-0.4, -0.2) is 40.4 Å². The Morgan fingerprint density at radius 3 is 2.51 bits per heavy atom. The Morgan fingerprint density at radius 2 is 1.79 bits per heavy atom. The third-order valence-corrected chi connectivity index (χ3v) is 10.1. The summed E-state index contributed by atoms with van der Waals surface area (Å²) in [5, 5.41) is 0.321. The lowest BCUT2D eigenvalue weighted by Gasteiger charge is -2.47. The number of carbonyl (C=O) groups excluding carboxylic acids is 1. The molecule has 3 aliphatic carbocycles. The third-order valence-electron chi connectivity index (χ3n) is 8.43. The van der Waals surface area contributed by atoms with E-state index in [2.05, 4.69) is 9.97 Å². The van der Waals surface area contributed by atoms with E-state index >= 15 is 0 Å². The van der Waals surface area contributed by atoms with Gasteiger partial charge in [0.15, 0.2) is 5.65 Å². The molecule has 202 valence electrons. The molecule has 1 aromatic carbocycles. The number of methoxy groups -OCH3 is 1. The van der Waals surface area contributed by atoms with Crippen LogP contribution in [0.5, 0.6) is 0 Å². The van der Waals surface area contributed by atoms with Crippen LogP contribution in [0.4, 0.5) is 4.39 Å². The minimum absolute atomic E-state index is 0.101. The van der Waals surface area contributed by atoms with Crippen LogP contribution in [0.25, 0.3) is 22.3 Å². The number of rotatable bonds is 6. The largest absolute Gasteiger partial charge is 0.469 e. The second-order valence-corrected chi connectivity index (χ2v) is 12.5. The number of nitrogens with zero attached hydrogens (tertiary/aromatic N) is 4. The molecule has 0 spiro atoms. The molecule has 3 fully saturated rings. The van der Waals surface area contributed by atoms with Crippen molar-refractivity contribution < 1.29 is 22.3 Å². The number of hydrogen-bond donors (Lipinski definition) is 0. The quantitative estimate of drug-likeness (QED) is 0.314. The van der Waals surface area contributed by atoms with Gasteiger partial charge in [-0.25, -0.2) is 26.7 Å². The van der Waals surface area contributed by atoms with Gasteiger partial charge in [0.25, 0.3) is 10.0 Å². The Labute approximate surface area is 226 Å². The molecule has 3 aromatic heterocycles. The zero-order chi connectivity index (χ0) is 27.3. The van der Waals surface area contributed by atoms with E-state index in [0.717, 1.165) is 41.4 Å². The van der Waals surface area contributed by atoms with Gasteiger partial charge < -0.3 is 4.74 Å². The van der Waals surface area contributed by atoms with Gasteiger partial charge in [0, 0.05) is 23.3 Å². The van der Waals surface area contributed by atoms with Gasteiger partial charge in [-0.2, -0.15) is 0 Å². The Hall–Kier alpha value is -3.66. The van der Waals surface area contributed by atoms with E-state index in [1.54, 1.807) is 18.3 Å². The van der Waals surface area contributed by atoms with Crippen LogP contribution in [-0.2, 0) is 26.0 Å². The Kier molecular flexibility index (Phi) is 6.45. The fourth-order valence-corrected chi connectivity index (χ4v) is 7.84. The maximum absolute atomic E-state index is 14.3. The highest BCUT2D eigenvalue weighted by molar-refractivity contribution is 7.90. The summed E-state index contributed by atoms with van der Waals surface area (Å²) in [6, 6.07) is 7.79. The summed E-state index contributed by atoms with van der Waals surface area (Å²) in [4.78, 5) is 26.1. The first kappa shape index (κ1) is 25.6. The van der Waals surface area contributed by atoms with Crippen LogP contribution in [0.2, 0.25) is 0 Å². The number of ether oxygens (including phenoxy) is 1. The molecule has 8 nitrogen and oxygen atoms in total. The Morgan fingerprint density at radius 1 is 1.08 bits per heavy atom. The van der Waals surface area contributed by atoms with Crippen molar-refractivity contribution in [1.82, 2.24) is 18.9 Å². The van der Waals surface area contributed by atoms with Crippen molar-refractivity contribution in [1.29, 1.82) is 0 Å². The predicted molar refractivity (Wildman–Crippen MR) is 143 cm³/mol. The second-order valence-electron chi connectivity index (χ2n) is 10.7. The lowest BCUT2D eigenvalue weighted by atomic mass is 9.57. The Bertz CT molecular complexity index is 1660. The molecule has 3 heterocycles. The van der Waals surface area contributed by atoms with Crippen molar-refractivity contribution in [2.75, 3.05) is 7.11 Å². The lowest BCUT2D eigenvalue weighted by Crippen LogP contribution is -2.45. The number of carbonyl (C=O) groups is 1. The van der Waals surface area contributed by atoms with Gasteiger partial charge in [-0.3, -0.25) is 9.78 Å². The summed E-state index contributed by atoms with van der Waals surface area (Å²) in [7, 11) is -2.57. The maximum Gasteiger partial charge on any atom is 0.309 e. The molecule has 0 N–H and O–H groups in total. The monoisotopic (exact) mass is 548 g/mol. The molecule has 0 amide bonds. The van der Waals surface area contributed by atoms with E-state index in [4.69, 9.17) is 9.72 Å². The van der Waals surface area contributed by atoms with E-state index in [-0.39, 0.29) is 28.3 Å². The van der Waals surface area contributed by atoms with Gasteiger partial charge in [0.05, 0.1) is 41.7 Å². The number of aromatic nitrogens is 4. The number of halogens is 1. The first-order valence-electron chi connectivity index (χ1n) is 13.1. The molecule has 0 unspecified atom stereocenters.